The number of hydrogen-bond acceptors (Lipinski definition) is 6. The summed E-state index contributed by atoms with van der Waals surface area (Å²) in [6, 6.07) is -1.06. The molecule has 1 fully saturated rings. The molecule has 2 rings (SSSR count). The topological polar surface area (TPSA) is 127 Å². The number of aromatic nitrogens is 1. The highest BCUT2D eigenvalue weighted by molar-refractivity contribution is 7.89. The molecule has 0 radical (unpaired) electrons. The van der Waals surface area contributed by atoms with Crippen LogP contribution in [0.25, 0.3) is 0 Å². The summed E-state index contributed by atoms with van der Waals surface area (Å²) in [5, 5.41) is 12.5. The quantitative estimate of drug-likeness (QED) is 0.813. The Balaban J connectivity index is 2.46. The van der Waals surface area contributed by atoms with Crippen molar-refractivity contribution in [3.8, 4) is 0 Å². The maximum absolute atomic E-state index is 12.5. The number of nitrogen functional groups attached to an aromatic ring is 1. The first kappa shape index (κ1) is 13.8. The average molecular weight is 289 g/mol. The summed E-state index contributed by atoms with van der Waals surface area (Å²) >= 11 is 0. The van der Waals surface area contributed by atoms with E-state index in [0.717, 1.165) is 4.31 Å². The first-order valence-corrected chi connectivity index (χ1v) is 7.26. The molecule has 0 aliphatic carbocycles. The number of hydrogen-bond donors (Lipinski definition) is 2. The maximum atomic E-state index is 12.5. The van der Waals surface area contributed by atoms with Crippen LogP contribution in [0, 0.1) is 6.92 Å². The zero-order chi connectivity index (χ0) is 14.2. The monoisotopic (exact) mass is 289 g/mol. The minimum absolute atomic E-state index is 0.0622. The van der Waals surface area contributed by atoms with Crippen molar-refractivity contribution >= 4 is 21.8 Å². The number of rotatable bonds is 3. The van der Waals surface area contributed by atoms with Gasteiger partial charge < -0.3 is 15.4 Å². The molecule has 0 spiro atoms. The first-order chi connectivity index (χ1) is 8.85. The van der Waals surface area contributed by atoms with Gasteiger partial charge in [0, 0.05) is 6.54 Å². The van der Waals surface area contributed by atoms with Gasteiger partial charge >= 0.3 is 5.97 Å². The lowest BCUT2D eigenvalue weighted by molar-refractivity contribution is -0.142. The molecule has 106 valence electrons. The van der Waals surface area contributed by atoms with Gasteiger partial charge in [-0.05, 0) is 26.2 Å². The molecular formula is C10H15N3O5S. The fourth-order valence-corrected chi connectivity index (χ4v) is 4.09. The van der Waals surface area contributed by atoms with E-state index in [9.17, 15) is 13.2 Å². The number of carboxylic acids is 1. The molecule has 3 N–H and O–H groups in total. The standard InChI is InChI=1S/C10H15N3O5S/c1-6-8(9(11)12-18-6)19(16,17)13-5-3-2-4-7(13)10(14)15/h7H,2-5H2,1H3,(H2,11,12)(H,14,15). The number of aryl methyl sites for hydroxylation is 1. The van der Waals surface area contributed by atoms with E-state index in [1.807, 2.05) is 0 Å². The molecule has 1 aliphatic rings. The molecule has 0 bridgehead atoms. The van der Waals surface area contributed by atoms with Gasteiger partial charge in [-0.25, -0.2) is 8.42 Å². The van der Waals surface area contributed by atoms with Crippen LogP contribution >= 0.6 is 0 Å². The molecule has 9 heteroatoms. The summed E-state index contributed by atoms with van der Waals surface area (Å²) in [6.07, 6.45) is 1.59. The summed E-state index contributed by atoms with van der Waals surface area (Å²) < 4.78 is 30.7. The zero-order valence-corrected chi connectivity index (χ0v) is 11.2. The van der Waals surface area contributed by atoms with Crippen molar-refractivity contribution in [2.45, 2.75) is 37.1 Å². The van der Waals surface area contributed by atoms with Crippen LogP contribution < -0.4 is 5.73 Å². The summed E-state index contributed by atoms with van der Waals surface area (Å²) in [6.45, 7) is 1.58. The van der Waals surface area contributed by atoms with Crippen molar-refractivity contribution in [2.75, 3.05) is 12.3 Å². The molecule has 1 atom stereocenters. The van der Waals surface area contributed by atoms with Gasteiger partial charge in [-0.2, -0.15) is 4.31 Å². The lowest BCUT2D eigenvalue weighted by Crippen LogP contribution is -2.48. The minimum Gasteiger partial charge on any atom is -0.480 e. The van der Waals surface area contributed by atoms with Crippen LogP contribution in [-0.4, -0.2) is 41.5 Å². The van der Waals surface area contributed by atoms with Crippen molar-refractivity contribution in [3.05, 3.63) is 5.76 Å². The van der Waals surface area contributed by atoms with Crippen molar-refractivity contribution in [3.63, 3.8) is 0 Å². The van der Waals surface area contributed by atoms with Crippen LogP contribution in [0.1, 0.15) is 25.0 Å². The molecule has 1 aromatic rings. The fraction of sp³-hybridized carbons (Fsp3) is 0.600. The SMILES string of the molecule is Cc1onc(N)c1S(=O)(=O)N1CCCCC1C(=O)O. The van der Waals surface area contributed by atoms with Gasteiger partial charge in [-0.1, -0.05) is 5.16 Å². The number of carboxylic acid groups (broad SMARTS) is 1. The maximum Gasteiger partial charge on any atom is 0.322 e. The third-order valence-electron chi connectivity index (χ3n) is 3.14. The summed E-state index contributed by atoms with van der Waals surface area (Å²) in [5.74, 6) is -1.34. The number of nitrogens with two attached hydrogens (primary N) is 1. The van der Waals surface area contributed by atoms with Crippen molar-refractivity contribution in [2.24, 2.45) is 0 Å². The van der Waals surface area contributed by atoms with Crippen molar-refractivity contribution in [1.29, 1.82) is 0 Å². The highest BCUT2D eigenvalue weighted by Crippen LogP contribution is 2.30. The smallest absolute Gasteiger partial charge is 0.322 e. The Morgan fingerprint density at radius 2 is 2.21 bits per heavy atom. The molecule has 2 heterocycles. The number of piperidine rings is 1. The normalized spacial score (nSPS) is 21.4. The summed E-state index contributed by atoms with van der Waals surface area (Å²) in [5.41, 5.74) is 5.50. The van der Waals surface area contributed by atoms with E-state index in [1.165, 1.54) is 6.92 Å². The molecule has 0 saturated carbocycles. The van der Waals surface area contributed by atoms with E-state index in [-0.39, 0.29) is 23.0 Å². The number of carbonyl (C=O) groups is 1. The number of aliphatic carboxylic acids is 1. The highest BCUT2D eigenvalue weighted by atomic mass is 32.2. The van der Waals surface area contributed by atoms with E-state index in [1.54, 1.807) is 0 Å². The first-order valence-electron chi connectivity index (χ1n) is 5.82. The van der Waals surface area contributed by atoms with Gasteiger partial charge in [0.05, 0.1) is 0 Å². The van der Waals surface area contributed by atoms with Crippen LogP contribution in [0.5, 0.6) is 0 Å². The Labute approximate surface area is 110 Å². The second kappa shape index (κ2) is 4.82. The summed E-state index contributed by atoms with van der Waals surface area (Å²) in [7, 11) is -4.00. The van der Waals surface area contributed by atoms with Crippen molar-refractivity contribution < 1.29 is 22.8 Å². The third-order valence-corrected chi connectivity index (χ3v) is 5.21. The van der Waals surface area contributed by atoms with Gasteiger partial charge in [0.1, 0.15) is 6.04 Å². The van der Waals surface area contributed by atoms with E-state index >= 15 is 0 Å². The largest absolute Gasteiger partial charge is 0.480 e. The zero-order valence-electron chi connectivity index (χ0n) is 10.4. The molecule has 0 aromatic carbocycles. The van der Waals surface area contributed by atoms with E-state index in [0.29, 0.717) is 19.3 Å². The van der Waals surface area contributed by atoms with Gasteiger partial charge in [0.2, 0.25) is 0 Å². The van der Waals surface area contributed by atoms with Gasteiger partial charge in [0.25, 0.3) is 10.0 Å². The Kier molecular flexibility index (Phi) is 3.50. The number of nitrogens with zero attached hydrogens (tertiary/aromatic N) is 2. The highest BCUT2D eigenvalue weighted by Gasteiger charge is 2.40. The molecule has 1 saturated heterocycles. The lowest BCUT2D eigenvalue weighted by atomic mass is 10.1. The van der Waals surface area contributed by atoms with E-state index < -0.39 is 22.0 Å². The second-order valence-electron chi connectivity index (χ2n) is 4.42. The average Bonchev–Trinajstić information content (AvgIpc) is 2.69. The van der Waals surface area contributed by atoms with E-state index in [2.05, 4.69) is 5.16 Å². The molecule has 8 nitrogen and oxygen atoms in total. The molecule has 0 amide bonds. The predicted molar refractivity (Wildman–Crippen MR) is 64.8 cm³/mol. The van der Waals surface area contributed by atoms with Gasteiger partial charge in [-0.3, -0.25) is 4.79 Å². The van der Waals surface area contributed by atoms with Crippen LogP contribution in [0.3, 0.4) is 0 Å². The number of sulfonamides is 1. The third kappa shape index (κ3) is 2.30. The van der Waals surface area contributed by atoms with Crippen LogP contribution in [0.15, 0.2) is 9.42 Å². The van der Waals surface area contributed by atoms with Crippen LogP contribution in [0.4, 0.5) is 5.82 Å². The Morgan fingerprint density at radius 1 is 1.53 bits per heavy atom. The molecule has 1 unspecified atom stereocenters. The van der Waals surface area contributed by atoms with E-state index in [4.69, 9.17) is 15.4 Å². The van der Waals surface area contributed by atoms with Crippen molar-refractivity contribution in [1.82, 2.24) is 9.46 Å². The lowest BCUT2D eigenvalue weighted by Gasteiger charge is -2.31. The molecule has 1 aromatic heterocycles. The molecule has 1 aliphatic heterocycles. The summed E-state index contributed by atoms with van der Waals surface area (Å²) in [4.78, 5) is 10.9. The Hall–Kier alpha value is -1.61. The predicted octanol–water partition coefficient (Wildman–Crippen LogP) is 0.193. The van der Waals surface area contributed by atoms with Crippen LogP contribution in [0.2, 0.25) is 0 Å². The molecule has 19 heavy (non-hydrogen) atoms. The second-order valence-corrected chi connectivity index (χ2v) is 6.25. The Bertz CT molecular complexity index is 575. The fourth-order valence-electron chi connectivity index (χ4n) is 2.25. The van der Waals surface area contributed by atoms with Crippen LogP contribution in [-0.2, 0) is 14.8 Å². The van der Waals surface area contributed by atoms with Gasteiger partial charge in [-0.15, -0.1) is 0 Å². The minimum atomic E-state index is -4.00. The molecular weight excluding hydrogens is 274 g/mol. The number of anilines is 1. The Morgan fingerprint density at radius 3 is 2.74 bits per heavy atom. The van der Waals surface area contributed by atoms with Gasteiger partial charge in [0.15, 0.2) is 16.5 Å².